The normalized spacial score (nSPS) is 12.6. The second-order valence-corrected chi connectivity index (χ2v) is 5.38. The van der Waals surface area contributed by atoms with Crippen LogP contribution in [0, 0.1) is 0 Å². The van der Waals surface area contributed by atoms with E-state index in [1.807, 2.05) is 0 Å². The van der Waals surface area contributed by atoms with Crippen molar-refractivity contribution in [3.63, 3.8) is 0 Å². The Kier molecular flexibility index (Phi) is 4.04. The van der Waals surface area contributed by atoms with Crippen LogP contribution < -0.4 is 5.73 Å². The molecule has 1 aromatic heterocycles. The van der Waals surface area contributed by atoms with Crippen LogP contribution in [0.5, 0.6) is 0 Å². The molecule has 16 heavy (non-hydrogen) atoms. The molecule has 0 fully saturated rings. The van der Waals surface area contributed by atoms with Gasteiger partial charge in [-0.05, 0) is 52.8 Å². The molecule has 84 valence electrons. The van der Waals surface area contributed by atoms with E-state index in [0.717, 1.165) is 6.42 Å². The zero-order chi connectivity index (χ0) is 11.4. The largest absolute Gasteiger partial charge is 0.324 e. The Balaban J connectivity index is 2.05. The molecule has 1 unspecified atom stereocenters. The van der Waals surface area contributed by atoms with Gasteiger partial charge >= 0.3 is 0 Å². The maximum Gasteiger partial charge on any atom is 0.0336 e. The second kappa shape index (κ2) is 5.53. The Morgan fingerprint density at radius 2 is 2.00 bits per heavy atom. The van der Waals surface area contributed by atoms with Gasteiger partial charge in [0.25, 0.3) is 0 Å². The van der Waals surface area contributed by atoms with Crippen molar-refractivity contribution in [1.29, 1.82) is 0 Å². The first-order valence-electron chi connectivity index (χ1n) is 5.20. The first kappa shape index (κ1) is 11.7. The van der Waals surface area contributed by atoms with Crippen LogP contribution in [0.3, 0.4) is 0 Å². The van der Waals surface area contributed by atoms with E-state index in [1.165, 1.54) is 16.0 Å². The van der Waals surface area contributed by atoms with Crippen LogP contribution in [0.2, 0.25) is 0 Å². The summed E-state index contributed by atoms with van der Waals surface area (Å²) < 4.78 is 0. The van der Waals surface area contributed by atoms with Crippen LogP contribution in [-0.2, 0) is 6.42 Å². The minimum Gasteiger partial charge on any atom is -0.324 e. The van der Waals surface area contributed by atoms with Crippen molar-refractivity contribution in [1.82, 2.24) is 0 Å². The third-order valence-corrected chi connectivity index (χ3v) is 4.06. The van der Waals surface area contributed by atoms with E-state index in [1.54, 1.807) is 23.1 Å². The summed E-state index contributed by atoms with van der Waals surface area (Å²) in [5.74, 6) is 0. The Labute approximate surface area is 105 Å². The number of hydrogen-bond donors (Lipinski definition) is 1. The Morgan fingerprint density at radius 3 is 2.56 bits per heavy atom. The third-order valence-electron chi connectivity index (χ3n) is 2.58. The third kappa shape index (κ3) is 2.88. The molecule has 1 atom stereocenters. The number of thiophene rings is 1. The van der Waals surface area contributed by atoms with E-state index >= 15 is 0 Å². The summed E-state index contributed by atoms with van der Waals surface area (Å²) in [6.45, 7) is 0. The van der Waals surface area contributed by atoms with Crippen molar-refractivity contribution < 1.29 is 0 Å². The highest BCUT2D eigenvalue weighted by Crippen LogP contribution is 2.21. The molecule has 0 bridgehead atoms. The molecule has 2 N–H and O–H groups in total. The van der Waals surface area contributed by atoms with E-state index < -0.39 is 0 Å². The molecule has 2 aromatic rings. The van der Waals surface area contributed by atoms with E-state index in [0.29, 0.717) is 0 Å². The lowest BCUT2D eigenvalue weighted by Crippen LogP contribution is -2.12. The predicted octanol–water partition coefficient (Wildman–Crippen LogP) is 3.71. The molecule has 2 rings (SSSR count). The first-order valence-corrected chi connectivity index (χ1v) is 7.37. The van der Waals surface area contributed by atoms with Gasteiger partial charge < -0.3 is 5.73 Å². The Morgan fingerprint density at radius 1 is 1.25 bits per heavy atom. The van der Waals surface area contributed by atoms with Crippen LogP contribution in [-0.4, -0.2) is 6.26 Å². The van der Waals surface area contributed by atoms with E-state index in [9.17, 15) is 0 Å². The SMILES string of the molecule is CSc1ccc(C(N)Cc2ccsc2)cc1. The van der Waals surface area contributed by atoms with Crippen LogP contribution in [0.1, 0.15) is 17.2 Å². The summed E-state index contributed by atoms with van der Waals surface area (Å²) in [6, 6.07) is 10.8. The van der Waals surface area contributed by atoms with Gasteiger partial charge in [-0.25, -0.2) is 0 Å². The van der Waals surface area contributed by atoms with E-state index in [-0.39, 0.29) is 6.04 Å². The van der Waals surface area contributed by atoms with Gasteiger partial charge in [0.15, 0.2) is 0 Å². The summed E-state index contributed by atoms with van der Waals surface area (Å²) in [7, 11) is 0. The van der Waals surface area contributed by atoms with Crippen molar-refractivity contribution in [3.05, 3.63) is 52.2 Å². The minimum atomic E-state index is 0.102. The molecule has 0 spiro atoms. The summed E-state index contributed by atoms with van der Waals surface area (Å²) in [6.07, 6.45) is 3.00. The fourth-order valence-corrected chi connectivity index (χ4v) is 2.72. The molecule has 0 aliphatic rings. The smallest absolute Gasteiger partial charge is 0.0336 e. The molecule has 0 amide bonds. The summed E-state index contributed by atoms with van der Waals surface area (Å²) in [5.41, 5.74) is 8.71. The van der Waals surface area contributed by atoms with Gasteiger partial charge in [0.1, 0.15) is 0 Å². The molecule has 3 heteroatoms. The topological polar surface area (TPSA) is 26.0 Å². The summed E-state index contributed by atoms with van der Waals surface area (Å²) in [4.78, 5) is 1.28. The minimum absolute atomic E-state index is 0.102. The fourth-order valence-electron chi connectivity index (χ4n) is 1.63. The summed E-state index contributed by atoms with van der Waals surface area (Å²) in [5, 5.41) is 4.26. The number of benzene rings is 1. The average molecular weight is 249 g/mol. The highest BCUT2D eigenvalue weighted by atomic mass is 32.2. The number of rotatable bonds is 4. The number of hydrogen-bond acceptors (Lipinski definition) is 3. The quantitative estimate of drug-likeness (QED) is 0.836. The van der Waals surface area contributed by atoms with Crippen LogP contribution in [0.4, 0.5) is 0 Å². The van der Waals surface area contributed by atoms with Crippen LogP contribution >= 0.6 is 23.1 Å². The molecular weight excluding hydrogens is 234 g/mol. The van der Waals surface area contributed by atoms with Crippen molar-refractivity contribution in [2.24, 2.45) is 5.73 Å². The van der Waals surface area contributed by atoms with Crippen molar-refractivity contribution in [2.45, 2.75) is 17.4 Å². The van der Waals surface area contributed by atoms with Gasteiger partial charge in [0, 0.05) is 10.9 Å². The van der Waals surface area contributed by atoms with Crippen molar-refractivity contribution >= 4 is 23.1 Å². The molecule has 0 aliphatic carbocycles. The highest BCUT2D eigenvalue weighted by molar-refractivity contribution is 7.98. The lowest BCUT2D eigenvalue weighted by molar-refractivity contribution is 0.723. The maximum absolute atomic E-state index is 6.18. The first-order chi connectivity index (χ1) is 7.79. The summed E-state index contributed by atoms with van der Waals surface area (Å²) >= 11 is 3.48. The van der Waals surface area contributed by atoms with E-state index in [2.05, 4.69) is 47.3 Å². The van der Waals surface area contributed by atoms with Gasteiger partial charge in [0.2, 0.25) is 0 Å². The fraction of sp³-hybridized carbons (Fsp3) is 0.231. The molecule has 0 radical (unpaired) electrons. The molecule has 1 heterocycles. The maximum atomic E-state index is 6.18. The number of thioether (sulfide) groups is 1. The van der Waals surface area contributed by atoms with Crippen LogP contribution in [0.25, 0.3) is 0 Å². The van der Waals surface area contributed by atoms with Gasteiger partial charge in [-0.2, -0.15) is 11.3 Å². The zero-order valence-electron chi connectivity index (χ0n) is 9.22. The lowest BCUT2D eigenvalue weighted by atomic mass is 10.0. The van der Waals surface area contributed by atoms with E-state index in [4.69, 9.17) is 5.73 Å². The standard InChI is InChI=1S/C13H15NS2/c1-15-12-4-2-11(3-5-12)13(14)8-10-6-7-16-9-10/h2-7,9,13H,8,14H2,1H3. The average Bonchev–Trinajstić information content (AvgIpc) is 2.82. The molecular formula is C13H15NS2. The van der Waals surface area contributed by atoms with Gasteiger partial charge in [-0.1, -0.05) is 12.1 Å². The molecule has 1 nitrogen and oxygen atoms in total. The molecule has 0 saturated heterocycles. The Hall–Kier alpha value is -0.770. The Bertz CT molecular complexity index is 420. The highest BCUT2D eigenvalue weighted by Gasteiger charge is 2.07. The van der Waals surface area contributed by atoms with Gasteiger partial charge in [-0.15, -0.1) is 11.8 Å². The van der Waals surface area contributed by atoms with Crippen LogP contribution in [0.15, 0.2) is 46.0 Å². The molecule has 1 aromatic carbocycles. The lowest BCUT2D eigenvalue weighted by Gasteiger charge is -2.11. The van der Waals surface area contributed by atoms with Gasteiger partial charge in [0.05, 0.1) is 0 Å². The zero-order valence-corrected chi connectivity index (χ0v) is 10.9. The van der Waals surface area contributed by atoms with Gasteiger partial charge in [-0.3, -0.25) is 0 Å². The predicted molar refractivity (Wildman–Crippen MR) is 73.2 cm³/mol. The molecule has 0 aliphatic heterocycles. The number of nitrogens with two attached hydrogens (primary N) is 1. The second-order valence-electron chi connectivity index (χ2n) is 3.72. The monoisotopic (exact) mass is 249 g/mol. The molecule has 0 saturated carbocycles. The van der Waals surface area contributed by atoms with Crippen molar-refractivity contribution in [3.8, 4) is 0 Å². The van der Waals surface area contributed by atoms with Crippen molar-refractivity contribution in [2.75, 3.05) is 6.26 Å².